The number of amides is 1. The van der Waals surface area contributed by atoms with Crippen LogP contribution in [0.15, 0.2) is 58.2 Å². The van der Waals surface area contributed by atoms with Gasteiger partial charge in [-0.3, -0.25) is 14.5 Å². The first-order chi connectivity index (χ1) is 19.7. The van der Waals surface area contributed by atoms with Crippen LogP contribution in [0.25, 0.3) is 11.0 Å². The van der Waals surface area contributed by atoms with Crippen molar-refractivity contribution in [2.24, 2.45) is 0 Å². The summed E-state index contributed by atoms with van der Waals surface area (Å²) in [5, 5.41) is 11.9. The van der Waals surface area contributed by atoms with Crippen molar-refractivity contribution in [1.29, 1.82) is 0 Å². The number of Topliss-reactive ketones (excluding diaryl/α,β-unsaturated/α-hetero) is 1. The van der Waals surface area contributed by atoms with Crippen molar-refractivity contribution < 1.29 is 42.9 Å². The third-order valence-corrected chi connectivity index (χ3v) is 7.69. The van der Waals surface area contributed by atoms with Crippen molar-refractivity contribution in [3.63, 3.8) is 0 Å². The number of furan rings is 1. The number of esters is 1. The predicted octanol–water partition coefficient (Wildman–Crippen LogP) is 5.18. The Bertz CT molecular complexity index is 1660. The Morgan fingerprint density at radius 3 is 2.37 bits per heavy atom. The van der Waals surface area contributed by atoms with E-state index in [2.05, 4.69) is 4.98 Å². The molecule has 0 saturated carbocycles. The monoisotopic (exact) mass is 578 g/mol. The van der Waals surface area contributed by atoms with Crippen LogP contribution in [0.5, 0.6) is 17.2 Å². The van der Waals surface area contributed by atoms with Crippen LogP contribution in [0.3, 0.4) is 0 Å². The molecule has 0 bridgehead atoms. The van der Waals surface area contributed by atoms with Crippen LogP contribution in [0, 0.1) is 6.92 Å². The number of benzene rings is 2. The van der Waals surface area contributed by atoms with Crippen molar-refractivity contribution >= 4 is 45.1 Å². The number of hydrogen-bond donors (Lipinski definition) is 1. The van der Waals surface area contributed by atoms with Gasteiger partial charge in [0.15, 0.2) is 28.1 Å². The molecular formula is C29H26N2O9S. The molecule has 1 aliphatic rings. The molecule has 2 aromatic carbocycles. The average molecular weight is 579 g/mol. The Morgan fingerprint density at radius 1 is 1.07 bits per heavy atom. The van der Waals surface area contributed by atoms with Crippen LogP contribution in [0.4, 0.5) is 5.13 Å². The first-order valence-corrected chi connectivity index (χ1v) is 13.3. The Balaban J connectivity index is 1.71. The number of rotatable bonds is 9. The van der Waals surface area contributed by atoms with Gasteiger partial charge in [0, 0.05) is 5.39 Å². The lowest BCUT2D eigenvalue weighted by Gasteiger charge is -2.25. The van der Waals surface area contributed by atoms with Gasteiger partial charge in [-0.25, -0.2) is 9.78 Å². The van der Waals surface area contributed by atoms with E-state index in [-0.39, 0.29) is 39.4 Å². The summed E-state index contributed by atoms with van der Waals surface area (Å²) in [6.45, 7) is 3.44. The number of nitrogens with zero attached hydrogens (tertiary/aromatic N) is 2. The average Bonchev–Trinajstić information content (AvgIpc) is 3.65. The maximum atomic E-state index is 14.0. The van der Waals surface area contributed by atoms with Gasteiger partial charge >= 0.3 is 5.97 Å². The molecular weight excluding hydrogens is 552 g/mol. The van der Waals surface area contributed by atoms with Gasteiger partial charge in [-0.15, -0.1) is 0 Å². The van der Waals surface area contributed by atoms with E-state index in [1.807, 2.05) is 0 Å². The molecule has 1 N–H and O–H groups in total. The van der Waals surface area contributed by atoms with Crippen LogP contribution in [-0.2, 0) is 9.53 Å². The molecule has 3 heterocycles. The zero-order chi connectivity index (χ0) is 29.4. The molecule has 2 aromatic heterocycles. The highest BCUT2D eigenvalue weighted by atomic mass is 32.1. The summed E-state index contributed by atoms with van der Waals surface area (Å²) in [5.41, 5.74) is 0.906. The number of aryl methyl sites for hydroxylation is 1. The lowest BCUT2D eigenvalue weighted by atomic mass is 9.94. The van der Waals surface area contributed by atoms with E-state index in [0.717, 1.165) is 16.2 Å². The SMILES string of the molecule is CCOC(=O)c1sc(N2C(=O)C(O)=C(C(=O)c3cc4ccccc4o3)[C@@H]2c2cc(OC)c(OC)c(OC)c2)nc1C. The fraction of sp³-hybridized carbons (Fsp3) is 0.241. The topological polar surface area (TPSA) is 138 Å². The molecule has 11 nitrogen and oxygen atoms in total. The van der Waals surface area contributed by atoms with E-state index in [0.29, 0.717) is 28.0 Å². The molecule has 4 aromatic rings. The molecule has 1 atom stereocenters. The predicted molar refractivity (Wildman–Crippen MR) is 149 cm³/mol. The standard InChI is InChI=1S/C29H26N2O9S/c1-6-39-28(35)26-14(2)30-29(41-26)31-22(16-12-19(36-3)25(38-5)20(13-16)37-4)21(24(33)27(31)34)23(32)18-11-15-9-7-8-10-17(15)40-18/h7-13,22,33H,6H2,1-5H3/t22-/m0/s1. The van der Waals surface area contributed by atoms with E-state index in [1.165, 1.54) is 21.3 Å². The maximum Gasteiger partial charge on any atom is 0.350 e. The van der Waals surface area contributed by atoms with E-state index >= 15 is 0 Å². The van der Waals surface area contributed by atoms with E-state index < -0.39 is 29.5 Å². The highest BCUT2D eigenvalue weighted by molar-refractivity contribution is 7.17. The number of hydrogen-bond acceptors (Lipinski definition) is 11. The number of thiazole rings is 1. The smallest absolute Gasteiger partial charge is 0.350 e. The summed E-state index contributed by atoms with van der Waals surface area (Å²) in [5.74, 6) is -2.21. The van der Waals surface area contributed by atoms with Gasteiger partial charge in [-0.2, -0.15) is 0 Å². The van der Waals surface area contributed by atoms with Gasteiger partial charge < -0.3 is 28.5 Å². The number of methoxy groups -OCH3 is 3. The molecule has 0 saturated heterocycles. The van der Waals surface area contributed by atoms with Crippen molar-refractivity contribution in [3.8, 4) is 17.2 Å². The summed E-state index contributed by atoms with van der Waals surface area (Å²) in [6.07, 6.45) is 0. The normalized spacial score (nSPS) is 15.0. The van der Waals surface area contributed by atoms with E-state index in [1.54, 1.807) is 56.3 Å². The highest BCUT2D eigenvalue weighted by Crippen LogP contribution is 2.48. The lowest BCUT2D eigenvalue weighted by Crippen LogP contribution is -2.31. The number of aliphatic hydroxyl groups is 1. The molecule has 0 aliphatic carbocycles. The largest absolute Gasteiger partial charge is 0.503 e. The van der Waals surface area contributed by atoms with Crippen LogP contribution in [0.1, 0.15) is 44.4 Å². The maximum absolute atomic E-state index is 14.0. The molecule has 0 spiro atoms. The quantitative estimate of drug-likeness (QED) is 0.209. The number of carbonyl (C=O) groups is 3. The van der Waals surface area contributed by atoms with Crippen LogP contribution < -0.4 is 19.1 Å². The van der Waals surface area contributed by atoms with E-state index in [4.69, 9.17) is 23.4 Å². The van der Waals surface area contributed by atoms with Gasteiger partial charge in [-0.05, 0) is 43.7 Å². The highest BCUT2D eigenvalue weighted by Gasteiger charge is 2.47. The Hall–Kier alpha value is -4.84. The molecule has 1 amide bonds. The number of aliphatic hydroxyl groups excluding tert-OH is 1. The number of fused-ring (bicyclic) bond motifs is 1. The Labute approximate surface area is 238 Å². The molecule has 5 rings (SSSR count). The second kappa shape index (κ2) is 11.0. The summed E-state index contributed by atoms with van der Waals surface area (Å²) in [4.78, 5) is 45.9. The molecule has 0 radical (unpaired) electrons. The fourth-order valence-corrected chi connectivity index (χ4v) is 5.69. The van der Waals surface area contributed by atoms with Crippen molar-refractivity contribution in [2.75, 3.05) is 32.8 Å². The number of carbonyl (C=O) groups excluding carboxylic acids is 3. The number of ketones is 1. The third-order valence-electron chi connectivity index (χ3n) is 6.56. The molecule has 1 aliphatic heterocycles. The first-order valence-electron chi connectivity index (χ1n) is 12.5. The van der Waals surface area contributed by atoms with Gasteiger partial charge in [0.05, 0.1) is 45.2 Å². The fourth-order valence-electron chi connectivity index (χ4n) is 4.71. The van der Waals surface area contributed by atoms with Crippen molar-refractivity contribution in [3.05, 3.63) is 75.7 Å². The van der Waals surface area contributed by atoms with E-state index in [9.17, 15) is 19.5 Å². The van der Waals surface area contributed by atoms with Crippen molar-refractivity contribution in [2.45, 2.75) is 19.9 Å². The zero-order valence-electron chi connectivity index (χ0n) is 22.8. The number of ether oxygens (including phenoxy) is 4. The second-order valence-electron chi connectivity index (χ2n) is 8.91. The molecule has 41 heavy (non-hydrogen) atoms. The molecule has 212 valence electrons. The number of anilines is 1. The molecule has 0 unspecified atom stereocenters. The van der Waals surface area contributed by atoms with Crippen LogP contribution in [-0.4, -0.2) is 55.7 Å². The number of aromatic nitrogens is 1. The minimum Gasteiger partial charge on any atom is -0.503 e. The van der Waals surface area contributed by atoms with Gasteiger partial charge in [0.25, 0.3) is 5.91 Å². The van der Waals surface area contributed by atoms with Gasteiger partial charge in [0.2, 0.25) is 11.5 Å². The van der Waals surface area contributed by atoms with Crippen molar-refractivity contribution in [1.82, 2.24) is 4.98 Å². The lowest BCUT2D eigenvalue weighted by molar-refractivity contribution is -0.117. The number of para-hydroxylation sites is 1. The molecule has 0 fully saturated rings. The Kier molecular flexibility index (Phi) is 7.41. The minimum absolute atomic E-state index is 0.0672. The minimum atomic E-state index is -1.20. The van der Waals surface area contributed by atoms with Gasteiger partial charge in [-0.1, -0.05) is 29.5 Å². The summed E-state index contributed by atoms with van der Waals surface area (Å²) in [6, 6.07) is 10.5. The van der Waals surface area contributed by atoms with Gasteiger partial charge in [0.1, 0.15) is 10.5 Å². The first kappa shape index (κ1) is 27.7. The summed E-state index contributed by atoms with van der Waals surface area (Å²) >= 11 is 0.910. The van der Waals surface area contributed by atoms with Crippen LogP contribution >= 0.6 is 11.3 Å². The second-order valence-corrected chi connectivity index (χ2v) is 9.89. The Morgan fingerprint density at radius 2 is 1.76 bits per heavy atom. The molecule has 12 heteroatoms. The van der Waals surface area contributed by atoms with Crippen LogP contribution in [0.2, 0.25) is 0 Å². The third kappa shape index (κ3) is 4.65. The zero-order valence-corrected chi connectivity index (χ0v) is 23.7. The summed E-state index contributed by atoms with van der Waals surface area (Å²) < 4.78 is 27.4. The summed E-state index contributed by atoms with van der Waals surface area (Å²) in [7, 11) is 4.31.